The lowest BCUT2D eigenvalue weighted by Gasteiger charge is -2.32. The molecular formula is C29H33Cl2N3O5S. The van der Waals surface area contributed by atoms with Crippen molar-refractivity contribution in [1.29, 1.82) is 0 Å². The smallest absolute Gasteiger partial charge is 0.244 e. The predicted molar refractivity (Wildman–Crippen MR) is 159 cm³/mol. The summed E-state index contributed by atoms with van der Waals surface area (Å²) in [7, 11) is -3.88. The Bertz CT molecular complexity index is 1400. The van der Waals surface area contributed by atoms with Crippen molar-refractivity contribution in [2.24, 2.45) is 0 Å². The van der Waals surface area contributed by atoms with Crippen LogP contribution in [-0.4, -0.2) is 50.0 Å². The fourth-order valence-corrected chi connectivity index (χ4v) is 5.27. The summed E-state index contributed by atoms with van der Waals surface area (Å²) in [6.07, 6.45) is 1.02. The first-order valence-electron chi connectivity index (χ1n) is 12.6. The number of nitrogens with one attached hydrogen (secondary N) is 1. The highest BCUT2D eigenvalue weighted by Gasteiger charge is 2.31. The molecule has 3 aromatic rings. The second-order valence-corrected chi connectivity index (χ2v) is 12.3. The summed E-state index contributed by atoms with van der Waals surface area (Å²) in [5, 5.41) is 3.45. The number of anilines is 1. The maximum atomic E-state index is 13.7. The van der Waals surface area contributed by atoms with Crippen molar-refractivity contribution >= 4 is 50.7 Å². The molecule has 0 heterocycles. The Morgan fingerprint density at radius 3 is 2.05 bits per heavy atom. The van der Waals surface area contributed by atoms with E-state index in [0.717, 1.165) is 16.1 Å². The minimum Gasteiger partial charge on any atom is -0.489 e. The average Bonchev–Trinajstić information content (AvgIpc) is 2.90. The van der Waals surface area contributed by atoms with E-state index in [2.05, 4.69) is 5.32 Å². The third-order valence-corrected chi connectivity index (χ3v) is 7.89. The van der Waals surface area contributed by atoms with Crippen LogP contribution in [0.3, 0.4) is 0 Å². The molecule has 214 valence electrons. The Balaban J connectivity index is 1.86. The summed E-state index contributed by atoms with van der Waals surface area (Å²) in [6, 6.07) is 19.9. The van der Waals surface area contributed by atoms with Crippen molar-refractivity contribution < 1.29 is 22.7 Å². The predicted octanol–water partition coefficient (Wildman–Crippen LogP) is 5.28. The molecule has 1 atom stereocenters. The van der Waals surface area contributed by atoms with E-state index in [0.29, 0.717) is 28.0 Å². The van der Waals surface area contributed by atoms with E-state index >= 15 is 0 Å². The number of benzene rings is 3. The molecule has 0 radical (unpaired) electrons. The van der Waals surface area contributed by atoms with E-state index in [1.165, 1.54) is 4.90 Å². The van der Waals surface area contributed by atoms with Gasteiger partial charge in [-0.25, -0.2) is 8.42 Å². The summed E-state index contributed by atoms with van der Waals surface area (Å²) >= 11 is 12.7. The van der Waals surface area contributed by atoms with E-state index < -0.39 is 34.4 Å². The minimum atomic E-state index is -3.88. The van der Waals surface area contributed by atoms with Gasteiger partial charge in [0, 0.05) is 28.2 Å². The van der Waals surface area contributed by atoms with Crippen LogP contribution in [0.2, 0.25) is 10.0 Å². The first kappa shape index (κ1) is 31.3. The second-order valence-electron chi connectivity index (χ2n) is 9.60. The molecule has 0 aliphatic carbocycles. The fraction of sp³-hybridized carbons (Fsp3) is 0.310. The number of amides is 2. The summed E-state index contributed by atoms with van der Waals surface area (Å²) in [5.74, 6) is -0.448. The van der Waals surface area contributed by atoms with Crippen LogP contribution in [0.25, 0.3) is 0 Å². The lowest BCUT2D eigenvalue weighted by molar-refractivity contribution is -0.139. The molecule has 0 spiro atoms. The molecule has 1 N–H and O–H groups in total. The van der Waals surface area contributed by atoms with Crippen LogP contribution < -0.4 is 14.4 Å². The molecule has 0 aromatic heterocycles. The van der Waals surface area contributed by atoms with Crippen molar-refractivity contribution in [2.45, 2.75) is 46.0 Å². The summed E-state index contributed by atoms with van der Waals surface area (Å²) in [5.41, 5.74) is 1.72. The highest BCUT2D eigenvalue weighted by molar-refractivity contribution is 7.92. The first-order chi connectivity index (χ1) is 18.9. The number of hydrogen-bond acceptors (Lipinski definition) is 5. The maximum Gasteiger partial charge on any atom is 0.244 e. The number of carbonyl (C=O) groups is 2. The SMILES string of the molecule is CC(C)NC(=O)[C@H](C)N(Cc1c(Cl)cccc1Cl)C(=O)CN(c1ccc(OCc2ccccc2)cc1)S(C)(=O)=O. The third-order valence-electron chi connectivity index (χ3n) is 6.04. The van der Waals surface area contributed by atoms with Gasteiger partial charge in [0.2, 0.25) is 21.8 Å². The molecule has 0 fully saturated rings. The minimum absolute atomic E-state index is 0.0894. The molecule has 11 heteroatoms. The third kappa shape index (κ3) is 8.61. The van der Waals surface area contributed by atoms with E-state index in [1.54, 1.807) is 63.2 Å². The van der Waals surface area contributed by atoms with Crippen LogP contribution >= 0.6 is 23.2 Å². The Hall–Kier alpha value is -3.27. The number of halogens is 2. The van der Waals surface area contributed by atoms with Crippen molar-refractivity contribution in [3.05, 3.63) is 94.0 Å². The lowest BCUT2D eigenvalue weighted by Crippen LogP contribution is -2.52. The zero-order chi connectivity index (χ0) is 29.4. The van der Waals surface area contributed by atoms with Crippen molar-refractivity contribution in [2.75, 3.05) is 17.1 Å². The van der Waals surface area contributed by atoms with Gasteiger partial charge in [-0.3, -0.25) is 13.9 Å². The highest BCUT2D eigenvalue weighted by atomic mass is 35.5. The van der Waals surface area contributed by atoms with Gasteiger partial charge in [-0.15, -0.1) is 0 Å². The number of sulfonamides is 1. The maximum absolute atomic E-state index is 13.7. The van der Waals surface area contributed by atoms with E-state index in [-0.39, 0.29) is 18.3 Å². The van der Waals surface area contributed by atoms with E-state index in [1.807, 2.05) is 30.3 Å². The monoisotopic (exact) mass is 605 g/mol. The zero-order valence-corrected chi connectivity index (χ0v) is 25.1. The molecule has 0 saturated heterocycles. The quantitative estimate of drug-likeness (QED) is 0.303. The molecule has 0 aliphatic heterocycles. The van der Waals surface area contributed by atoms with Gasteiger partial charge in [-0.05, 0) is 62.7 Å². The molecule has 2 amide bonds. The van der Waals surface area contributed by atoms with Crippen molar-refractivity contribution in [1.82, 2.24) is 10.2 Å². The Morgan fingerprint density at radius 2 is 1.50 bits per heavy atom. The molecule has 0 aliphatic rings. The molecule has 8 nitrogen and oxygen atoms in total. The molecule has 40 heavy (non-hydrogen) atoms. The van der Waals surface area contributed by atoms with Crippen LogP contribution in [-0.2, 0) is 32.8 Å². The number of ether oxygens (including phenoxy) is 1. The molecule has 3 aromatic carbocycles. The second kappa shape index (κ2) is 13.9. The van der Waals surface area contributed by atoms with Crippen LogP contribution in [0.5, 0.6) is 5.75 Å². The van der Waals surface area contributed by atoms with Gasteiger partial charge in [0.15, 0.2) is 0 Å². The molecule has 0 unspecified atom stereocenters. The Labute approximate surface area is 245 Å². The summed E-state index contributed by atoms with van der Waals surface area (Å²) < 4.78 is 32.4. The summed E-state index contributed by atoms with van der Waals surface area (Å²) in [4.78, 5) is 27.9. The Kier molecular flexibility index (Phi) is 10.8. The normalized spacial score (nSPS) is 12.1. The molecule has 0 bridgehead atoms. The van der Waals surface area contributed by atoms with Crippen LogP contribution in [0, 0.1) is 0 Å². The standard InChI is InChI=1S/C29H33Cl2N3O5S/c1-20(2)32-29(36)21(3)33(17-25-26(30)11-8-12-27(25)31)28(35)18-34(40(4,37)38)23-13-15-24(16-14-23)39-19-22-9-6-5-7-10-22/h5-16,20-21H,17-19H2,1-4H3,(H,32,36)/t21-/m0/s1. The molecule has 0 saturated carbocycles. The van der Waals surface area contributed by atoms with Gasteiger partial charge in [-0.1, -0.05) is 59.6 Å². The van der Waals surface area contributed by atoms with Gasteiger partial charge in [0.25, 0.3) is 0 Å². The van der Waals surface area contributed by atoms with Gasteiger partial charge in [0.05, 0.1) is 11.9 Å². The Morgan fingerprint density at radius 1 is 0.900 bits per heavy atom. The summed E-state index contributed by atoms with van der Waals surface area (Å²) in [6.45, 7) is 4.91. The molecular weight excluding hydrogens is 573 g/mol. The topological polar surface area (TPSA) is 96.0 Å². The van der Waals surface area contributed by atoms with Gasteiger partial charge >= 0.3 is 0 Å². The van der Waals surface area contributed by atoms with Gasteiger partial charge in [-0.2, -0.15) is 0 Å². The van der Waals surface area contributed by atoms with Crippen LogP contribution in [0.4, 0.5) is 5.69 Å². The number of carbonyl (C=O) groups excluding carboxylic acids is 2. The fourth-order valence-electron chi connectivity index (χ4n) is 3.90. The number of hydrogen-bond donors (Lipinski definition) is 1. The molecule has 3 rings (SSSR count). The highest BCUT2D eigenvalue weighted by Crippen LogP contribution is 2.28. The largest absolute Gasteiger partial charge is 0.489 e. The van der Waals surface area contributed by atoms with Crippen molar-refractivity contribution in [3.63, 3.8) is 0 Å². The number of rotatable bonds is 12. The zero-order valence-electron chi connectivity index (χ0n) is 22.8. The van der Waals surface area contributed by atoms with E-state index in [9.17, 15) is 18.0 Å². The first-order valence-corrected chi connectivity index (χ1v) is 15.2. The van der Waals surface area contributed by atoms with E-state index in [4.69, 9.17) is 27.9 Å². The lowest BCUT2D eigenvalue weighted by atomic mass is 10.1. The number of nitrogens with zero attached hydrogens (tertiary/aromatic N) is 2. The van der Waals surface area contributed by atoms with Gasteiger partial charge < -0.3 is 15.0 Å². The van der Waals surface area contributed by atoms with Crippen molar-refractivity contribution in [3.8, 4) is 5.75 Å². The average molecular weight is 607 g/mol. The van der Waals surface area contributed by atoms with Crippen LogP contribution in [0.15, 0.2) is 72.8 Å². The van der Waals surface area contributed by atoms with Gasteiger partial charge in [0.1, 0.15) is 24.9 Å². The van der Waals surface area contributed by atoms with Crippen LogP contribution in [0.1, 0.15) is 31.9 Å².